The van der Waals surface area contributed by atoms with Crippen LogP contribution in [0.1, 0.15) is 22.0 Å². The van der Waals surface area contributed by atoms with Gasteiger partial charge < -0.3 is 10.4 Å². The second-order valence-electron chi connectivity index (χ2n) is 4.26. The van der Waals surface area contributed by atoms with Crippen LogP contribution in [0.2, 0.25) is 5.02 Å². The first-order valence-corrected chi connectivity index (χ1v) is 6.41. The first-order valence-electron chi connectivity index (χ1n) is 6.03. The molecule has 0 radical (unpaired) electrons. The highest BCUT2D eigenvalue weighted by molar-refractivity contribution is 6.31. The summed E-state index contributed by atoms with van der Waals surface area (Å²) < 4.78 is 13.8. The molecular formula is C15H11ClFNO3. The van der Waals surface area contributed by atoms with E-state index in [9.17, 15) is 19.1 Å². The van der Waals surface area contributed by atoms with Gasteiger partial charge in [0, 0.05) is 0 Å². The van der Waals surface area contributed by atoms with Crippen LogP contribution in [-0.4, -0.2) is 17.0 Å². The predicted molar refractivity (Wildman–Crippen MR) is 75.7 cm³/mol. The molecular weight excluding hydrogens is 297 g/mol. The highest BCUT2D eigenvalue weighted by Gasteiger charge is 2.24. The van der Waals surface area contributed by atoms with Crippen LogP contribution in [0.4, 0.5) is 4.39 Å². The number of hydrogen-bond donors (Lipinski definition) is 2. The van der Waals surface area contributed by atoms with Crippen molar-refractivity contribution < 1.29 is 19.1 Å². The van der Waals surface area contributed by atoms with E-state index < -0.39 is 23.7 Å². The monoisotopic (exact) mass is 307 g/mol. The summed E-state index contributed by atoms with van der Waals surface area (Å²) >= 11 is 5.60. The highest BCUT2D eigenvalue weighted by Crippen LogP contribution is 2.19. The zero-order valence-corrected chi connectivity index (χ0v) is 11.5. The molecule has 2 rings (SSSR count). The van der Waals surface area contributed by atoms with Crippen molar-refractivity contribution in [3.63, 3.8) is 0 Å². The molecule has 0 spiro atoms. The maximum Gasteiger partial charge on any atom is 0.330 e. The summed E-state index contributed by atoms with van der Waals surface area (Å²) in [6.07, 6.45) is 0. The Labute approximate surface area is 125 Å². The molecule has 0 aliphatic heterocycles. The molecule has 0 aliphatic carbocycles. The number of rotatable bonds is 4. The van der Waals surface area contributed by atoms with Crippen LogP contribution in [0.5, 0.6) is 0 Å². The molecule has 2 aromatic rings. The minimum Gasteiger partial charge on any atom is -0.479 e. The van der Waals surface area contributed by atoms with Gasteiger partial charge in [0.25, 0.3) is 5.91 Å². The van der Waals surface area contributed by atoms with Gasteiger partial charge in [-0.1, -0.05) is 48.0 Å². The Hall–Kier alpha value is -2.40. The quantitative estimate of drug-likeness (QED) is 0.912. The summed E-state index contributed by atoms with van der Waals surface area (Å²) in [6, 6.07) is 10.8. The lowest BCUT2D eigenvalue weighted by Crippen LogP contribution is -2.34. The molecule has 21 heavy (non-hydrogen) atoms. The van der Waals surface area contributed by atoms with Gasteiger partial charge in [0.15, 0.2) is 11.9 Å². The van der Waals surface area contributed by atoms with Crippen molar-refractivity contribution in [1.29, 1.82) is 0 Å². The summed E-state index contributed by atoms with van der Waals surface area (Å²) in [7, 11) is 0. The van der Waals surface area contributed by atoms with Crippen LogP contribution in [0, 0.1) is 5.82 Å². The van der Waals surface area contributed by atoms with Crippen molar-refractivity contribution in [2.75, 3.05) is 0 Å². The summed E-state index contributed by atoms with van der Waals surface area (Å²) in [4.78, 5) is 23.3. The van der Waals surface area contributed by atoms with Crippen molar-refractivity contribution in [3.8, 4) is 0 Å². The Morgan fingerprint density at radius 2 is 1.76 bits per heavy atom. The average molecular weight is 308 g/mol. The minimum absolute atomic E-state index is 0.200. The topological polar surface area (TPSA) is 66.4 Å². The zero-order valence-electron chi connectivity index (χ0n) is 10.7. The van der Waals surface area contributed by atoms with E-state index >= 15 is 0 Å². The third kappa shape index (κ3) is 3.38. The van der Waals surface area contributed by atoms with E-state index in [1.165, 1.54) is 18.2 Å². The van der Waals surface area contributed by atoms with Gasteiger partial charge in [-0.05, 0) is 17.7 Å². The number of carboxylic acid groups (broad SMARTS) is 1. The summed E-state index contributed by atoms with van der Waals surface area (Å²) in [5.41, 5.74) is 0.0884. The van der Waals surface area contributed by atoms with E-state index in [0.29, 0.717) is 5.56 Å². The van der Waals surface area contributed by atoms with Crippen LogP contribution in [0.25, 0.3) is 0 Å². The lowest BCUT2D eigenvalue weighted by molar-refractivity contribution is -0.139. The number of nitrogens with one attached hydrogen (secondary N) is 1. The number of benzene rings is 2. The predicted octanol–water partition coefficient (Wildman–Crippen LogP) is 3.03. The standard InChI is InChI=1S/C15H11ClFNO3/c16-11-8-4-7-10(12(11)17)14(19)18-13(15(20)21)9-5-2-1-3-6-9/h1-8,13H,(H,18,19)(H,20,21)/t13-/m1/s1. The maximum atomic E-state index is 13.8. The second kappa shape index (κ2) is 6.37. The first kappa shape index (κ1) is 15.0. The smallest absolute Gasteiger partial charge is 0.330 e. The van der Waals surface area contributed by atoms with Gasteiger partial charge in [0.2, 0.25) is 0 Å². The van der Waals surface area contributed by atoms with E-state index in [2.05, 4.69) is 5.32 Å². The van der Waals surface area contributed by atoms with Gasteiger partial charge in [-0.25, -0.2) is 9.18 Å². The zero-order chi connectivity index (χ0) is 15.4. The molecule has 6 heteroatoms. The van der Waals surface area contributed by atoms with Gasteiger partial charge in [-0.2, -0.15) is 0 Å². The number of carbonyl (C=O) groups is 2. The van der Waals surface area contributed by atoms with E-state index in [-0.39, 0.29) is 10.6 Å². The number of carbonyl (C=O) groups excluding carboxylic acids is 1. The van der Waals surface area contributed by atoms with Crippen LogP contribution in [0.3, 0.4) is 0 Å². The molecule has 0 saturated carbocycles. The molecule has 0 heterocycles. The molecule has 4 nitrogen and oxygen atoms in total. The Bertz CT molecular complexity index is 676. The fourth-order valence-corrected chi connectivity index (χ4v) is 2.00. The fourth-order valence-electron chi connectivity index (χ4n) is 1.82. The molecule has 2 N–H and O–H groups in total. The van der Waals surface area contributed by atoms with Crippen molar-refractivity contribution in [1.82, 2.24) is 5.32 Å². The summed E-state index contributed by atoms with van der Waals surface area (Å²) in [6.45, 7) is 0. The molecule has 0 unspecified atom stereocenters. The van der Waals surface area contributed by atoms with E-state index in [1.807, 2.05) is 0 Å². The molecule has 0 aliphatic rings. The lowest BCUT2D eigenvalue weighted by atomic mass is 10.1. The van der Waals surface area contributed by atoms with Crippen molar-refractivity contribution in [2.24, 2.45) is 0 Å². The molecule has 108 valence electrons. The number of halogens is 2. The van der Waals surface area contributed by atoms with E-state index in [4.69, 9.17) is 11.6 Å². The third-order valence-corrected chi connectivity index (χ3v) is 3.14. The van der Waals surface area contributed by atoms with Crippen LogP contribution >= 0.6 is 11.6 Å². The summed E-state index contributed by atoms with van der Waals surface area (Å²) in [5, 5.41) is 11.3. The van der Waals surface area contributed by atoms with Crippen LogP contribution in [-0.2, 0) is 4.79 Å². The van der Waals surface area contributed by atoms with Gasteiger partial charge in [-0.3, -0.25) is 4.79 Å². The Morgan fingerprint density at radius 1 is 1.10 bits per heavy atom. The lowest BCUT2D eigenvalue weighted by Gasteiger charge is -2.15. The molecule has 1 amide bonds. The number of amides is 1. The SMILES string of the molecule is O=C(N[C@@H](C(=O)O)c1ccccc1)c1cccc(Cl)c1F. The molecule has 1 atom stereocenters. The second-order valence-corrected chi connectivity index (χ2v) is 4.66. The van der Waals surface area contributed by atoms with Crippen molar-refractivity contribution >= 4 is 23.5 Å². The first-order chi connectivity index (χ1) is 10.0. The van der Waals surface area contributed by atoms with Gasteiger partial charge in [0.1, 0.15) is 0 Å². The molecule has 2 aromatic carbocycles. The minimum atomic E-state index is -1.27. The Kier molecular flexibility index (Phi) is 4.55. The Balaban J connectivity index is 2.28. The fraction of sp³-hybridized carbons (Fsp3) is 0.0667. The van der Waals surface area contributed by atoms with Crippen LogP contribution < -0.4 is 5.32 Å². The highest BCUT2D eigenvalue weighted by atomic mass is 35.5. The van der Waals surface area contributed by atoms with E-state index in [1.54, 1.807) is 30.3 Å². The van der Waals surface area contributed by atoms with Gasteiger partial charge in [-0.15, -0.1) is 0 Å². The van der Waals surface area contributed by atoms with Crippen molar-refractivity contribution in [2.45, 2.75) is 6.04 Å². The van der Waals surface area contributed by atoms with Crippen LogP contribution in [0.15, 0.2) is 48.5 Å². The number of carboxylic acids is 1. The normalized spacial score (nSPS) is 11.7. The molecule has 0 saturated heterocycles. The average Bonchev–Trinajstić information content (AvgIpc) is 2.48. The molecule has 0 aromatic heterocycles. The number of aliphatic carboxylic acids is 1. The number of hydrogen-bond acceptors (Lipinski definition) is 2. The third-order valence-electron chi connectivity index (χ3n) is 2.85. The molecule has 0 fully saturated rings. The Morgan fingerprint density at radius 3 is 2.38 bits per heavy atom. The maximum absolute atomic E-state index is 13.8. The van der Waals surface area contributed by atoms with E-state index in [0.717, 1.165) is 0 Å². The summed E-state index contributed by atoms with van der Waals surface area (Å²) in [5.74, 6) is -2.96. The molecule has 0 bridgehead atoms. The van der Waals surface area contributed by atoms with Gasteiger partial charge in [0.05, 0.1) is 10.6 Å². The van der Waals surface area contributed by atoms with Gasteiger partial charge >= 0.3 is 5.97 Å². The van der Waals surface area contributed by atoms with Crippen molar-refractivity contribution in [3.05, 3.63) is 70.5 Å². The largest absolute Gasteiger partial charge is 0.479 e.